The molecule has 0 saturated heterocycles. The highest BCUT2D eigenvalue weighted by atomic mass is 32.2. The van der Waals surface area contributed by atoms with Gasteiger partial charge >= 0.3 is 0 Å². The molecule has 5 nitrogen and oxygen atoms in total. The molecule has 0 aromatic carbocycles. The monoisotopic (exact) mass is 329 g/mol. The quantitative estimate of drug-likeness (QED) is 0.897. The number of nitrogens with zero attached hydrogens (tertiary/aromatic N) is 2. The van der Waals surface area contributed by atoms with E-state index >= 15 is 0 Å². The first kappa shape index (κ1) is 15.1. The molecular formula is C14H23N3O2S2. The lowest BCUT2D eigenvalue weighted by Gasteiger charge is -2.28. The Morgan fingerprint density at radius 1 is 1.38 bits per heavy atom. The van der Waals surface area contributed by atoms with Crippen molar-refractivity contribution in [2.24, 2.45) is 17.8 Å². The van der Waals surface area contributed by atoms with Crippen molar-refractivity contribution in [1.82, 2.24) is 4.37 Å². The van der Waals surface area contributed by atoms with Crippen LogP contribution in [-0.2, 0) is 9.84 Å². The van der Waals surface area contributed by atoms with E-state index in [0.29, 0.717) is 10.9 Å². The molecule has 1 aromatic heterocycles. The number of aromatic nitrogens is 1. The Kier molecular flexibility index (Phi) is 3.90. The Balaban J connectivity index is 1.81. The molecule has 118 valence electrons. The minimum atomic E-state index is -3.32. The molecule has 3 atom stereocenters. The molecule has 2 N–H and O–H groups in total. The Morgan fingerprint density at radius 2 is 2.14 bits per heavy atom. The van der Waals surface area contributed by atoms with Crippen molar-refractivity contribution in [1.29, 1.82) is 0 Å². The minimum Gasteiger partial charge on any atom is -0.382 e. The van der Waals surface area contributed by atoms with Gasteiger partial charge in [-0.3, -0.25) is 0 Å². The molecule has 2 saturated carbocycles. The number of hydrogen-bond acceptors (Lipinski definition) is 6. The predicted octanol–water partition coefficient (Wildman–Crippen LogP) is 2.39. The smallest absolute Gasteiger partial charge is 0.184 e. The summed E-state index contributed by atoms with van der Waals surface area (Å²) in [5.74, 6) is 2.63. The van der Waals surface area contributed by atoms with Crippen LogP contribution >= 0.6 is 11.5 Å². The molecule has 0 aliphatic heterocycles. The highest BCUT2D eigenvalue weighted by Crippen LogP contribution is 2.49. The number of hydrogen-bond donors (Lipinski definition) is 1. The van der Waals surface area contributed by atoms with Gasteiger partial charge in [0.2, 0.25) is 0 Å². The predicted molar refractivity (Wildman–Crippen MR) is 86.5 cm³/mol. The summed E-state index contributed by atoms with van der Waals surface area (Å²) in [7, 11) is -1.36. The Morgan fingerprint density at radius 3 is 2.71 bits per heavy atom. The number of anilines is 2. The van der Waals surface area contributed by atoms with E-state index in [4.69, 9.17) is 5.73 Å². The van der Waals surface area contributed by atoms with Gasteiger partial charge in [-0.05, 0) is 48.5 Å². The topological polar surface area (TPSA) is 76.3 Å². The van der Waals surface area contributed by atoms with Crippen LogP contribution in [0.1, 0.15) is 32.6 Å². The van der Waals surface area contributed by atoms with Crippen molar-refractivity contribution in [3.63, 3.8) is 0 Å². The average Bonchev–Trinajstić information content (AvgIpc) is 3.13. The zero-order chi connectivity index (χ0) is 15.2. The maximum Gasteiger partial charge on any atom is 0.184 e. The largest absolute Gasteiger partial charge is 0.382 e. The molecular weight excluding hydrogens is 306 g/mol. The van der Waals surface area contributed by atoms with Gasteiger partial charge in [0.1, 0.15) is 9.90 Å². The van der Waals surface area contributed by atoms with Crippen LogP contribution in [0, 0.1) is 17.8 Å². The van der Waals surface area contributed by atoms with Gasteiger partial charge in [-0.2, -0.15) is 4.37 Å². The van der Waals surface area contributed by atoms with Crippen LogP contribution in [0.15, 0.2) is 4.90 Å². The molecule has 3 unspecified atom stereocenters. The summed E-state index contributed by atoms with van der Waals surface area (Å²) in [6.07, 6.45) is 5.38. The van der Waals surface area contributed by atoms with Crippen molar-refractivity contribution in [3.05, 3.63) is 0 Å². The molecule has 3 rings (SSSR count). The third kappa shape index (κ3) is 2.65. The third-order valence-corrected chi connectivity index (χ3v) is 7.98. The summed E-state index contributed by atoms with van der Waals surface area (Å²) in [5.41, 5.74) is 5.80. The molecule has 2 bridgehead atoms. The summed E-state index contributed by atoms with van der Waals surface area (Å²) in [6, 6.07) is 0. The van der Waals surface area contributed by atoms with Crippen molar-refractivity contribution in [2.75, 3.05) is 30.0 Å². The normalized spacial score (nSPS) is 28.2. The molecule has 2 fully saturated rings. The first-order valence-corrected chi connectivity index (χ1v) is 10.0. The third-order valence-electron chi connectivity index (χ3n) is 5.09. The molecule has 0 radical (unpaired) electrons. The van der Waals surface area contributed by atoms with Crippen LogP contribution < -0.4 is 10.6 Å². The highest BCUT2D eigenvalue weighted by Gasteiger charge is 2.40. The van der Waals surface area contributed by atoms with Gasteiger partial charge in [0.05, 0.1) is 5.75 Å². The molecule has 7 heteroatoms. The van der Waals surface area contributed by atoms with Crippen LogP contribution in [0.5, 0.6) is 0 Å². The van der Waals surface area contributed by atoms with E-state index in [9.17, 15) is 8.42 Å². The van der Waals surface area contributed by atoms with Gasteiger partial charge < -0.3 is 10.6 Å². The van der Waals surface area contributed by atoms with Crippen LogP contribution in [0.3, 0.4) is 0 Å². The summed E-state index contributed by atoms with van der Waals surface area (Å²) in [6.45, 7) is 2.56. The molecule has 1 aromatic rings. The van der Waals surface area contributed by atoms with Crippen LogP contribution in [0.2, 0.25) is 0 Å². The lowest BCUT2D eigenvalue weighted by molar-refractivity contribution is 0.337. The van der Waals surface area contributed by atoms with Crippen molar-refractivity contribution < 1.29 is 8.42 Å². The Hall–Kier alpha value is -0.820. The highest BCUT2D eigenvalue weighted by molar-refractivity contribution is 7.91. The fourth-order valence-electron chi connectivity index (χ4n) is 4.00. The van der Waals surface area contributed by atoms with Gasteiger partial charge in [0, 0.05) is 13.6 Å². The lowest BCUT2D eigenvalue weighted by atomic mass is 9.88. The van der Waals surface area contributed by atoms with E-state index < -0.39 is 9.84 Å². The average molecular weight is 329 g/mol. The van der Waals surface area contributed by atoms with Crippen molar-refractivity contribution in [3.8, 4) is 0 Å². The van der Waals surface area contributed by atoms with E-state index in [1.807, 2.05) is 7.05 Å². The van der Waals surface area contributed by atoms with Crippen LogP contribution in [-0.4, -0.2) is 32.1 Å². The molecule has 2 aliphatic carbocycles. The van der Waals surface area contributed by atoms with Gasteiger partial charge in [-0.1, -0.05) is 13.3 Å². The summed E-state index contributed by atoms with van der Waals surface area (Å²) in [5, 5.41) is 0.706. The van der Waals surface area contributed by atoms with Crippen LogP contribution in [0.4, 0.5) is 10.8 Å². The Bertz CT molecular complexity index is 626. The van der Waals surface area contributed by atoms with Crippen molar-refractivity contribution in [2.45, 2.75) is 37.5 Å². The van der Waals surface area contributed by atoms with E-state index in [-0.39, 0.29) is 16.5 Å². The molecule has 21 heavy (non-hydrogen) atoms. The van der Waals surface area contributed by atoms with E-state index in [0.717, 1.165) is 18.4 Å². The fraction of sp³-hybridized carbons (Fsp3) is 0.786. The lowest BCUT2D eigenvalue weighted by Crippen LogP contribution is -2.29. The zero-order valence-electron chi connectivity index (χ0n) is 12.6. The maximum absolute atomic E-state index is 12.2. The van der Waals surface area contributed by atoms with Gasteiger partial charge in [-0.15, -0.1) is 0 Å². The fourth-order valence-corrected chi connectivity index (χ4v) is 6.30. The number of rotatable bonds is 5. The number of fused-ring (bicyclic) bond motifs is 2. The molecule has 0 spiro atoms. The van der Waals surface area contributed by atoms with Gasteiger partial charge in [-0.25, -0.2) is 8.42 Å². The Labute approximate surface area is 130 Å². The SMILES string of the molecule is CCS(=O)(=O)c1c(N)nsc1N(C)CC1CC2CCC1C2. The van der Waals surface area contributed by atoms with Gasteiger partial charge in [0.25, 0.3) is 0 Å². The molecule has 1 heterocycles. The maximum atomic E-state index is 12.2. The second-order valence-corrected chi connectivity index (χ2v) is 9.39. The van der Waals surface area contributed by atoms with E-state index in [1.54, 1.807) is 6.92 Å². The molecule has 2 aliphatic rings. The van der Waals surface area contributed by atoms with Crippen LogP contribution in [0.25, 0.3) is 0 Å². The number of nitrogen functional groups attached to an aromatic ring is 1. The van der Waals surface area contributed by atoms with Crippen molar-refractivity contribution >= 4 is 32.2 Å². The summed E-state index contributed by atoms with van der Waals surface area (Å²) >= 11 is 1.20. The first-order chi connectivity index (χ1) is 9.92. The van der Waals surface area contributed by atoms with E-state index in [1.165, 1.54) is 37.2 Å². The summed E-state index contributed by atoms with van der Waals surface area (Å²) in [4.78, 5) is 2.29. The first-order valence-electron chi connectivity index (χ1n) is 7.61. The number of nitrogens with two attached hydrogens (primary N) is 1. The van der Waals surface area contributed by atoms with Gasteiger partial charge in [0.15, 0.2) is 15.7 Å². The summed E-state index contributed by atoms with van der Waals surface area (Å²) < 4.78 is 28.5. The molecule has 0 amide bonds. The second-order valence-electron chi connectivity index (χ2n) is 6.42. The second kappa shape index (κ2) is 5.43. The standard InChI is InChI=1S/C14H23N3O2S2/c1-3-21(18,19)12-13(15)16-20-14(12)17(2)8-11-7-9-4-5-10(11)6-9/h9-11H,3-8H2,1-2H3,(H2,15,16). The zero-order valence-corrected chi connectivity index (χ0v) is 14.2. The minimum absolute atomic E-state index is 0.0601. The number of sulfone groups is 1. The van der Waals surface area contributed by atoms with E-state index in [2.05, 4.69) is 9.27 Å².